The first kappa shape index (κ1) is 13.4. The Labute approximate surface area is 133 Å². The van der Waals surface area contributed by atoms with E-state index in [2.05, 4.69) is 11.1 Å². The summed E-state index contributed by atoms with van der Waals surface area (Å²) in [6.07, 6.45) is 0. The minimum absolute atomic E-state index is 0.414. The van der Waals surface area contributed by atoms with Crippen LogP contribution < -0.4 is 4.74 Å². The number of imidazole rings is 1. The number of ether oxygens (including phenoxy) is 1. The molecule has 23 heavy (non-hydrogen) atoms. The summed E-state index contributed by atoms with van der Waals surface area (Å²) < 4.78 is 7.49. The van der Waals surface area contributed by atoms with E-state index in [0.717, 1.165) is 27.7 Å². The smallest absolute Gasteiger partial charge is 0.166 e. The Morgan fingerprint density at radius 1 is 0.957 bits per heavy atom. The van der Waals surface area contributed by atoms with E-state index in [-0.39, 0.29) is 0 Å². The Kier molecular flexibility index (Phi) is 2.99. The monoisotopic (exact) mass is 299 g/mol. The second-order valence-electron chi connectivity index (χ2n) is 5.21. The summed E-state index contributed by atoms with van der Waals surface area (Å²) in [6.45, 7) is 0. The van der Waals surface area contributed by atoms with Crippen LogP contribution in [0.5, 0.6) is 5.75 Å². The molecular formula is C19H13N3O. The van der Waals surface area contributed by atoms with E-state index in [1.165, 1.54) is 0 Å². The number of hydrogen-bond donors (Lipinski definition) is 0. The van der Waals surface area contributed by atoms with Crippen LogP contribution in [0.4, 0.5) is 0 Å². The Bertz CT molecular complexity index is 1070. The molecule has 2 aromatic carbocycles. The molecule has 0 spiro atoms. The number of methoxy groups -OCH3 is 1. The topological polar surface area (TPSA) is 50.3 Å². The standard InChI is InChI=1S/C19H13N3O/c1-23-18-9-5-3-7-14(18)19-21-15(12-20)17-11-10-13-6-2-4-8-16(13)22(17)19/h2-11H,1H3. The lowest BCUT2D eigenvalue weighted by Gasteiger charge is -2.09. The van der Waals surface area contributed by atoms with Crippen molar-refractivity contribution in [3.05, 3.63) is 66.4 Å². The molecule has 110 valence electrons. The molecule has 0 aliphatic rings. The highest BCUT2D eigenvalue weighted by molar-refractivity contribution is 5.87. The summed E-state index contributed by atoms with van der Waals surface area (Å²) in [5.74, 6) is 1.45. The zero-order valence-electron chi connectivity index (χ0n) is 12.5. The van der Waals surface area contributed by atoms with Gasteiger partial charge in [0.1, 0.15) is 17.6 Å². The number of rotatable bonds is 2. The molecule has 0 unspecified atom stereocenters. The summed E-state index contributed by atoms with van der Waals surface area (Å²) >= 11 is 0. The molecule has 4 heteroatoms. The summed E-state index contributed by atoms with van der Waals surface area (Å²) in [4.78, 5) is 4.56. The predicted octanol–water partition coefficient (Wildman–Crippen LogP) is 4.03. The molecule has 4 rings (SSSR count). The summed E-state index contributed by atoms with van der Waals surface area (Å²) in [6, 6.07) is 21.9. The molecule has 0 amide bonds. The van der Waals surface area contributed by atoms with E-state index < -0.39 is 0 Å². The van der Waals surface area contributed by atoms with Gasteiger partial charge in [-0.3, -0.25) is 4.40 Å². The predicted molar refractivity (Wildman–Crippen MR) is 89.4 cm³/mol. The maximum absolute atomic E-state index is 9.44. The number of para-hydroxylation sites is 2. The minimum atomic E-state index is 0.414. The van der Waals surface area contributed by atoms with Crippen LogP contribution in [0.25, 0.3) is 27.8 Å². The molecule has 2 heterocycles. The van der Waals surface area contributed by atoms with Crippen molar-refractivity contribution in [1.29, 1.82) is 5.26 Å². The number of aromatic nitrogens is 2. The summed E-state index contributed by atoms with van der Waals surface area (Å²) in [7, 11) is 1.64. The van der Waals surface area contributed by atoms with Crippen molar-refractivity contribution in [3.8, 4) is 23.2 Å². The highest BCUT2D eigenvalue weighted by Crippen LogP contribution is 2.32. The van der Waals surface area contributed by atoms with Gasteiger partial charge >= 0.3 is 0 Å². The van der Waals surface area contributed by atoms with E-state index in [1.54, 1.807) is 7.11 Å². The first-order valence-corrected chi connectivity index (χ1v) is 7.27. The fourth-order valence-electron chi connectivity index (χ4n) is 2.92. The zero-order chi connectivity index (χ0) is 15.8. The van der Waals surface area contributed by atoms with Crippen LogP contribution in [-0.2, 0) is 0 Å². The van der Waals surface area contributed by atoms with Gasteiger partial charge in [-0.25, -0.2) is 4.98 Å². The second kappa shape index (κ2) is 5.15. The number of nitriles is 1. The van der Waals surface area contributed by atoms with Crippen LogP contribution in [-0.4, -0.2) is 16.5 Å². The third-order valence-electron chi connectivity index (χ3n) is 3.97. The molecule has 0 saturated heterocycles. The van der Waals surface area contributed by atoms with Crippen LogP contribution in [0.3, 0.4) is 0 Å². The molecule has 4 nitrogen and oxygen atoms in total. The Morgan fingerprint density at radius 3 is 2.57 bits per heavy atom. The van der Waals surface area contributed by atoms with Gasteiger partial charge in [-0.2, -0.15) is 5.26 Å². The fraction of sp³-hybridized carbons (Fsp3) is 0.0526. The maximum atomic E-state index is 9.44. The number of pyridine rings is 1. The molecule has 0 radical (unpaired) electrons. The number of benzene rings is 2. The summed E-state index contributed by atoms with van der Waals surface area (Å²) in [5.41, 5.74) is 3.09. The van der Waals surface area contributed by atoms with Crippen molar-refractivity contribution in [3.63, 3.8) is 0 Å². The Morgan fingerprint density at radius 2 is 1.74 bits per heavy atom. The highest BCUT2D eigenvalue weighted by Gasteiger charge is 2.17. The van der Waals surface area contributed by atoms with Gasteiger partial charge < -0.3 is 4.74 Å². The van der Waals surface area contributed by atoms with Crippen molar-refractivity contribution in [2.45, 2.75) is 0 Å². The van der Waals surface area contributed by atoms with Crippen molar-refractivity contribution in [2.24, 2.45) is 0 Å². The third kappa shape index (κ3) is 1.95. The van der Waals surface area contributed by atoms with Gasteiger partial charge in [-0.05, 0) is 29.7 Å². The van der Waals surface area contributed by atoms with Gasteiger partial charge in [0.15, 0.2) is 5.69 Å². The quantitative estimate of drug-likeness (QED) is 0.561. The Balaban J connectivity index is 2.19. The normalized spacial score (nSPS) is 10.8. The van der Waals surface area contributed by atoms with E-state index in [0.29, 0.717) is 11.5 Å². The van der Waals surface area contributed by atoms with Crippen LogP contribution in [0, 0.1) is 11.3 Å². The lowest BCUT2D eigenvalue weighted by atomic mass is 10.1. The van der Waals surface area contributed by atoms with Gasteiger partial charge in [0.25, 0.3) is 0 Å². The second-order valence-corrected chi connectivity index (χ2v) is 5.21. The van der Waals surface area contributed by atoms with Gasteiger partial charge in [0.2, 0.25) is 0 Å². The molecule has 4 aromatic rings. The first-order chi connectivity index (χ1) is 11.3. The number of fused-ring (bicyclic) bond motifs is 3. The fourth-order valence-corrected chi connectivity index (χ4v) is 2.92. The third-order valence-corrected chi connectivity index (χ3v) is 3.97. The van der Waals surface area contributed by atoms with E-state index in [4.69, 9.17) is 4.74 Å². The molecule has 0 aliphatic heterocycles. The van der Waals surface area contributed by atoms with Gasteiger partial charge in [0, 0.05) is 0 Å². The van der Waals surface area contributed by atoms with Crippen molar-refractivity contribution in [1.82, 2.24) is 9.38 Å². The van der Waals surface area contributed by atoms with Gasteiger partial charge in [-0.15, -0.1) is 0 Å². The van der Waals surface area contributed by atoms with E-state index in [1.807, 2.05) is 65.1 Å². The number of hydrogen-bond acceptors (Lipinski definition) is 3. The molecule has 0 fully saturated rings. The maximum Gasteiger partial charge on any atom is 0.166 e. The molecule has 0 N–H and O–H groups in total. The van der Waals surface area contributed by atoms with Crippen LogP contribution >= 0.6 is 0 Å². The van der Waals surface area contributed by atoms with Crippen molar-refractivity contribution in [2.75, 3.05) is 7.11 Å². The van der Waals surface area contributed by atoms with Crippen molar-refractivity contribution >= 4 is 16.4 Å². The largest absolute Gasteiger partial charge is 0.496 e. The van der Waals surface area contributed by atoms with Gasteiger partial charge in [-0.1, -0.05) is 36.4 Å². The first-order valence-electron chi connectivity index (χ1n) is 7.27. The lowest BCUT2D eigenvalue weighted by molar-refractivity contribution is 0.416. The van der Waals surface area contributed by atoms with Crippen LogP contribution in [0.2, 0.25) is 0 Å². The Hall–Kier alpha value is -3.32. The van der Waals surface area contributed by atoms with Gasteiger partial charge in [0.05, 0.1) is 23.7 Å². The van der Waals surface area contributed by atoms with Crippen molar-refractivity contribution < 1.29 is 4.74 Å². The molecule has 0 saturated carbocycles. The highest BCUT2D eigenvalue weighted by atomic mass is 16.5. The van der Waals surface area contributed by atoms with Crippen LogP contribution in [0.15, 0.2) is 60.7 Å². The average molecular weight is 299 g/mol. The molecule has 0 aliphatic carbocycles. The minimum Gasteiger partial charge on any atom is -0.496 e. The van der Waals surface area contributed by atoms with E-state index >= 15 is 0 Å². The molecule has 0 atom stereocenters. The molecule has 2 aromatic heterocycles. The molecular weight excluding hydrogens is 286 g/mol. The zero-order valence-corrected chi connectivity index (χ0v) is 12.5. The number of nitrogens with zero attached hydrogens (tertiary/aromatic N) is 3. The average Bonchev–Trinajstić information content (AvgIpc) is 3.00. The SMILES string of the molecule is COc1ccccc1-c1nc(C#N)c2ccc3ccccc3n12. The molecule has 0 bridgehead atoms. The lowest BCUT2D eigenvalue weighted by Crippen LogP contribution is -1.94. The summed E-state index contributed by atoms with van der Waals surface area (Å²) in [5, 5.41) is 10.5. The van der Waals surface area contributed by atoms with Crippen LogP contribution in [0.1, 0.15) is 5.69 Å². The van der Waals surface area contributed by atoms with E-state index in [9.17, 15) is 5.26 Å².